The number of rotatable bonds is 7. The van der Waals surface area contributed by atoms with Gasteiger partial charge in [0.15, 0.2) is 0 Å². The summed E-state index contributed by atoms with van der Waals surface area (Å²) in [5.74, 6) is 0. The Morgan fingerprint density at radius 1 is 0.237 bits per heavy atom. The molecule has 1 heteroatoms. The number of fused-ring (bicyclic) bond motifs is 6. The minimum Gasteiger partial charge on any atom is -0.310 e. The summed E-state index contributed by atoms with van der Waals surface area (Å²) in [5.41, 5.74) is 12.9. The molecule has 0 radical (unpaired) electrons. The first-order chi connectivity index (χ1) is 29.2. The van der Waals surface area contributed by atoms with Gasteiger partial charge in [0.2, 0.25) is 0 Å². The van der Waals surface area contributed by atoms with Gasteiger partial charge < -0.3 is 4.90 Å². The van der Waals surface area contributed by atoms with Gasteiger partial charge in [0.25, 0.3) is 0 Å². The van der Waals surface area contributed by atoms with Crippen LogP contribution in [0.4, 0.5) is 17.1 Å². The van der Waals surface area contributed by atoms with Crippen LogP contribution in [0.3, 0.4) is 0 Å². The topological polar surface area (TPSA) is 3.24 Å². The van der Waals surface area contributed by atoms with Crippen LogP contribution in [0.1, 0.15) is 0 Å². The fourth-order valence-corrected chi connectivity index (χ4v) is 8.81. The number of hydrogen-bond donors (Lipinski definition) is 0. The molecule has 0 atom stereocenters. The Hall–Kier alpha value is -7.74. The molecule has 0 unspecified atom stereocenters. The van der Waals surface area contributed by atoms with Gasteiger partial charge in [0.1, 0.15) is 0 Å². The molecule has 0 fully saturated rings. The molecule has 11 aromatic carbocycles. The summed E-state index contributed by atoms with van der Waals surface area (Å²) in [6.45, 7) is 0. The molecule has 0 bridgehead atoms. The molecule has 0 saturated carbocycles. The molecule has 0 aliphatic carbocycles. The van der Waals surface area contributed by atoms with Crippen LogP contribution in [-0.2, 0) is 0 Å². The fraction of sp³-hybridized carbons (Fsp3) is 0. The lowest BCUT2D eigenvalue weighted by atomic mass is 9.93. The van der Waals surface area contributed by atoms with Gasteiger partial charge >= 0.3 is 0 Å². The first-order valence-electron chi connectivity index (χ1n) is 20.3. The second-order valence-corrected chi connectivity index (χ2v) is 15.3. The molecular formula is C58H39N. The van der Waals surface area contributed by atoms with Gasteiger partial charge in [0, 0.05) is 16.9 Å². The van der Waals surface area contributed by atoms with Crippen LogP contribution in [0.25, 0.3) is 87.6 Å². The Bertz CT molecular complexity index is 3290. The molecule has 1 nitrogen and oxygen atoms in total. The summed E-state index contributed by atoms with van der Waals surface area (Å²) in [6, 6.07) is 86.3. The second kappa shape index (κ2) is 14.6. The number of hydrogen-bond acceptors (Lipinski definition) is 1. The second-order valence-electron chi connectivity index (χ2n) is 15.3. The number of benzene rings is 11. The summed E-state index contributed by atoms with van der Waals surface area (Å²) < 4.78 is 0. The summed E-state index contributed by atoms with van der Waals surface area (Å²) >= 11 is 0. The fourth-order valence-electron chi connectivity index (χ4n) is 8.81. The molecule has 11 rings (SSSR count). The molecular weight excluding hydrogens is 711 g/mol. The maximum absolute atomic E-state index is 2.41. The summed E-state index contributed by atoms with van der Waals surface area (Å²) in [4.78, 5) is 2.41. The molecule has 59 heavy (non-hydrogen) atoms. The van der Waals surface area contributed by atoms with E-state index in [0.29, 0.717) is 0 Å². The lowest BCUT2D eigenvalue weighted by molar-refractivity contribution is 1.29. The van der Waals surface area contributed by atoms with Crippen molar-refractivity contribution in [3.8, 4) is 44.5 Å². The Morgan fingerprint density at radius 2 is 0.712 bits per heavy atom. The van der Waals surface area contributed by atoms with E-state index < -0.39 is 0 Å². The molecule has 0 heterocycles. The van der Waals surface area contributed by atoms with E-state index in [0.717, 1.165) is 17.1 Å². The molecule has 0 amide bonds. The van der Waals surface area contributed by atoms with Crippen molar-refractivity contribution in [1.82, 2.24) is 0 Å². The van der Waals surface area contributed by atoms with E-state index in [1.54, 1.807) is 0 Å². The largest absolute Gasteiger partial charge is 0.310 e. The summed E-state index contributed by atoms with van der Waals surface area (Å²) in [7, 11) is 0. The van der Waals surface area contributed by atoms with Crippen LogP contribution in [0, 0.1) is 0 Å². The third-order valence-corrected chi connectivity index (χ3v) is 11.8. The zero-order chi connectivity index (χ0) is 39.1. The highest BCUT2D eigenvalue weighted by atomic mass is 15.1. The van der Waals surface area contributed by atoms with E-state index in [1.807, 2.05) is 0 Å². The SMILES string of the molecule is c1ccc(-c2ccc(-c3ccccc3N(c3ccc(-c4ccccc4)cc3)c3ccc4ccc(-c5ccc6c(ccc7ccc8ccccc8c76)c5)cc4c3)cc2)cc1. The molecule has 0 aliphatic rings. The minimum atomic E-state index is 1.10. The van der Waals surface area contributed by atoms with E-state index in [2.05, 4.69) is 241 Å². The van der Waals surface area contributed by atoms with E-state index in [4.69, 9.17) is 0 Å². The van der Waals surface area contributed by atoms with Crippen molar-refractivity contribution in [3.05, 3.63) is 237 Å². The molecule has 0 aliphatic heterocycles. The zero-order valence-electron chi connectivity index (χ0n) is 32.5. The lowest BCUT2D eigenvalue weighted by Gasteiger charge is -2.28. The van der Waals surface area contributed by atoms with Crippen LogP contribution >= 0.6 is 0 Å². The van der Waals surface area contributed by atoms with E-state index in [1.165, 1.54) is 87.6 Å². The summed E-state index contributed by atoms with van der Waals surface area (Å²) in [6.07, 6.45) is 0. The highest BCUT2D eigenvalue weighted by Gasteiger charge is 2.18. The van der Waals surface area contributed by atoms with Gasteiger partial charge in [-0.2, -0.15) is 0 Å². The molecule has 0 aromatic heterocycles. The van der Waals surface area contributed by atoms with Gasteiger partial charge in [-0.3, -0.25) is 0 Å². The van der Waals surface area contributed by atoms with Crippen molar-refractivity contribution in [1.29, 1.82) is 0 Å². The van der Waals surface area contributed by atoms with Gasteiger partial charge in [-0.15, -0.1) is 0 Å². The number of para-hydroxylation sites is 1. The number of anilines is 3. The Balaban J connectivity index is 1.02. The Labute approximate surface area is 344 Å². The third kappa shape index (κ3) is 6.40. The third-order valence-electron chi connectivity index (χ3n) is 11.8. The monoisotopic (exact) mass is 749 g/mol. The first kappa shape index (κ1) is 34.5. The molecule has 0 spiro atoms. The van der Waals surface area contributed by atoms with Crippen molar-refractivity contribution in [2.45, 2.75) is 0 Å². The number of nitrogens with zero attached hydrogens (tertiary/aromatic N) is 1. The van der Waals surface area contributed by atoms with Crippen molar-refractivity contribution in [2.24, 2.45) is 0 Å². The Morgan fingerprint density at radius 3 is 1.46 bits per heavy atom. The molecule has 0 N–H and O–H groups in total. The molecule has 11 aromatic rings. The predicted octanol–water partition coefficient (Wildman–Crippen LogP) is 16.4. The molecule has 0 saturated heterocycles. The standard InChI is InChI=1S/C58H39N/c1-3-11-40(12-4-1)42-19-22-46(23-20-42)54-16-9-10-18-57(54)59(52-33-29-43(30-34-52)41-13-5-2-6-14-41)53-35-31-44-21-27-48(38-51(44)39-53)49-32-36-56-50(37-49)28-26-47-25-24-45-15-7-8-17-55(45)58(47)56/h1-39H. The van der Waals surface area contributed by atoms with Gasteiger partial charge in [0.05, 0.1) is 5.69 Å². The van der Waals surface area contributed by atoms with Crippen molar-refractivity contribution < 1.29 is 0 Å². The minimum absolute atomic E-state index is 1.10. The molecule has 276 valence electrons. The van der Waals surface area contributed by atoms with E-state index in [9.17, 15) is 0 Å². The quantitative estimate of drug-likeness (QED) is 0.147. The van der Waals surface area contributed by atoms with Gasteiger partial charge in [-0.25, -0.2) is 0 Å². The van der Waals surface area contributed by atoms with Gasteiger partial charge in [-0.05, 0) is 124 Å². The highest BCUT2D eigenvalue weighted by Crippen LogP contribution is 2.43. The highest BCUT2D eigenvalue weighted by molar-refractivity contribution is 6.20. The normalized spacial score (nSPS) is 11.4. The van der Waals surface area contributed by atoms with E-state index in [-0.39, 0.29) is 0 Å². The average molecular weight is 750 g/mol. The van der Waals surface area contributed by atoms with Crippen LogP contribution in [0.5, 0.6) is 0 Å². The van der Waals surface area contributed by atoms with Crippen LogP contribution in [0.2, 0.25) is 0 Å². The van der Waals surface area contributed by atoms with E-state index >= 15 is 0 Å². The maximum atomic E-state index is 2.41. The predicted molar refractivity (Wildman–Crippen MR) is 253 cm³/mol. The van der Waals surface area contributed by atoms with Crippen LogP contribution < -0.4 is 4.90 Å². The average Bonchev–Trinajstić information content (AvgIpc) is 3.32. The Kier molecular flexibility index (Phi) is 8.56. The van der Waals surface area contributed by atoms with Crippen LogP contribution in [-0.4, -0.2) is 0 Å². The van der Waals surface area contributed by atoms with Crippen molar-refractivity contribution >= 4 is 60.2 Å². The summed E-state index contributed by atoms with van der Waals surface area (Å²) in [5, 5.41) is 10.1. The van der Waals surface area contributed by atoms with Gasteiger partial charge in [-0.1, -0.05) is 194 Å². The first-order valence-corrected chi connectivity index (χ1v) is 20.3. The lowest BCUT2D eigenvalue weighted by Crippen LogP contribution is -2.11. The van der Waals surface area contributed by atoms with Crippen molar-refractivity contribution in [2.75, 3.05) is 4.90 Å². The smallest absolute Gasteiger partial charge is 0.0540 e. The maximum Gasteiger partial charge on any atom is 0.0540 e. The van der Waals surface area contributed by atoms with Crippen molar-refractivity contribution in [3.63, 3.8) is 0 Å². The van der Waals surface area contributed by atoms with Crippen LogP contribution in [0.15, 0.2) is 237 Å². The zero-order valence-corrected chi connectivity index (χ0v) is 32.5.